The highest BCUT2D eigenvalue weighted by atomic mass is 32.2. The van der Waals surface area contributed by atoms with E-state index >= 15 is 0 Å². The van der Waals surface area contributed by atoms with Gasteiger partial charge in [0.25, 0.3) is 0 Å². The number of nitrogens with one attached hydrogen (secondary N) is 1. The maximum atomic E-state index is 12.6. The first kappa shape index (κ1) is 17.0. The van der Waals surface area contributed by atoms with Gasteiger partial charge in [0.05, 0.1) is 19.8 Å². The number of methoxy groups -OCH3 is 1. The molecule has 2 aromatic carbocycles. The fourth-order valence-corrected chi connectivity index (χ4v) is 4.13. The summed E-state index contributed by atoms with van der Waals surface area (Å²) in [6, 6.07) is 13.2. The van der Waals surface area contributed by atoms with Crippen molar-refractivity contribution >= 4 is 10.0 Å². The molecule has 0 aromatic heterocycles. The molecular formula is C18H21NO4S. The largest absolute Gasteiger partial charge is 0.495 e. The molecule has 128 valence electrons. The van der Waals surface area contributed by atoms with Crippen molar-refractivity contribution in [1.29, 1.82) is 0 Å². The van der Waals surface area contributed by atoms with Crippen molar-refractivity contribution < 1.29 is 17.9 Å². The van der Waals surface area contributed by atoms with Crippen LogP contribution in [-0.2, 0) is 27.8 Å². The van der Waals surface area contributed by atoms with Crippen LogP contribution in [0.1, 0.15) is 16.7 Å². The Labute approximate surface area is 142 Å². The Morgan fingerprint density at radius 1 is 1.21 bits per heavy atom. The van der Waals surface area contributed by atoms with Crippen molar-refractivity contribution in [3.8, 4) is 5.75 Å². The normalized spacial score (nSPS) is 17.3. The molecule has 0 saturated heterocycles. The summed E-state index contributed by atoms with van der Waals surface area (Å²) in [5, 5.41) is 0. The number of aryl methyl sites for hydroxylation is 1. The second kappa shape index (κ2) is 6.93. The van der Waals surface area contributed by atoms with Gasteiger partial charge in [0.15, 0.2) is 0 Å². The summed E-state index contributed by atoms with van der Waals surface area (Å²) in [6.07, 6.45) is 0.523. The van der Waals surface area contributed by atoms with Crippen molar-refractivity contribution in [1.82, 2.24) is 4.72 Å². The molecule has 24 heavy (non-hydrogen) atoms. The molecule has 6 heteroatoms. The summed E-state index contributed by atoms with van der Waals surface area (Å²) in [5.41, 5.74) is 3.23. The quantitative estimate of drug-likeness (QED) is 0.902. The lowest BCUT2D eigenvalue weighted by Gasteiger charge is -2.25. The number of ether oxygens (including phenoxy) is 2. The van der Waals surface area contributed by atoms with E-state index < -0.39 is 10.0 Å². The summed E-state index contributed by atoms with van der Waals surface area (Å²) >= 11 is 0. The molecule has 1 aliphatic heterocycles. The zero-order valence-electron chi connectivity index (χ0n) is 13.8. The maximum Gasteiger partial charge on any atom is 0.244 e. The third kappa shape index (κ3) is 3.61. The lowest BCUT2D eigenvalue weighted by atomic mass is 9.99. The topological polar surface area (TPSA) is 64.6 Å². The molecule has 0 amide bonds. The number of rotatable bonds is 5. The molecule has 0 radical (unpaired) electrons. The van der Waals surface area contributed by atoms with Crippen molar-refractivity contribution in [2.45, 2.75) is 31.0 Å². The Balaban J connectivity index is 1.72. The van der Waals surface area contributed by atoms with Crippen molar-refractivity contribution in [2.24, 2.45) is 0 Å². The number of hydrogen-bond acceptors (Lipinski definition) is 4. The van der Waals surface area contributed by atoms with Gasteiger partial charge in [-0.1, -0.05) is 30.3 Å². The van der Waals surface area contributed by atoms with Crippen LogP contribution in [0.15, 0.2) is 47.4 Å². The van der Waals surface area contributed by atoms with E-state index in [1.165, 1.54) is 12.7 Å². The number of benzene rings is 2. The average Bonchev–Trinajstić information content (AvgIpc) is 2.60. The van der Waals surface area contributed by atoms with Gasteiger partial charge in [-0.15, -0.1) is 0 Å². The summed E-state index contributed by atoms with van der Waals surface area (Å²) in [7, 11) is -2.19. The van der Waals surface area contributed by atoms with Crippen LogP contribution in [0.2, 0.25) is 0 Å². The minimum absolute atomic E-state index is 0.154. The van der Waals surface area contributed by atoms with Crippen LogP contribution in [0.25, 0.3) is 0 Å². The van der Waals surface area contributed by atoms with Crippen LogP contribution in [0.3, 0.4) is 0 Å². The van der Waals surface area contributed by atoms with Crippen LogP contribution in [-0.4, -0.2) is 28.2 Å². The minimum atomic E-state index is -3.66. The molecule has 1 atom stereocenters. The highest BCUT2D eigenvalue weighted by Crippen LogP contribution is 2.25. The molecule has 1 aliphatic rings. The third-order valence-electron chi connectivity index (χ3n) is 4.15. The first-order chi connectivity index (χ1) is 11.5. The zero-order valence-corrected chi connectivity index (χ0v) is 14.6. The van der Waals surface area contributed by atoms with E-state index in [-0.39, 0.29) is 17.5 Å². The first-order valence-corrected chi connectivity index (χ1v) is 9.30. The molecule has 1 N–H and O–H groups in total. The summed E-state index contributed by atoms with van der Waals surface area (Å²) < 4.78 is 38.8. The minimum Gasteiger partial charge on any atom is -0.495 e. The second-order valence-electron chi connectivity index (χ2n) is 5.91. The van der Waals surface area contributed by atoms with Gasteiger partial charge in [0, 0.05) is 13.0 Å². The molecule has 2 aromatic rings. The number of sulfonamides is 1. The van der Waals surface area contributed by atoms with Crippen molar-refractivity contribution in [3.63, 3.8) is 0 Å². The molecule has 0 saturated carbocycles. The molecule has 0 bridgehead atoms. The van der Waals surface area contributed by atoms with Crippen LogP contribution >= 0.6 is 0 Å². The molecule has 3 rings (SSSR count). The van der Waals surface area contributed by atoms with E-state index in [0.29, 0.717) is 18.8 Å². The van der Waals surface area contributed by atoms with Gasteiger partial charge >= 0.3 is 0 Å². The van der Waals surface area contributed by atoms with Gasteiger partial charge in [-0.05, 0) is 35.7 Å². The van der Waals surface area contributed by atoms with E-state index in [1.54, 1.807) is 12.1 Å². The Morgan fingerprint density at radius 2 is 1.96 bits per heavy atom. The Kier molecular flexibility index (Phi) is 4.89. The Hall–Kier alpha value is -1.89. The van der Waals surface area contributed by atoms with Gasteiger partial charge in [-0.2, -0.15) is 0 Å². The highest BCUT2D eigenvalue weighted by Gasteiger charge is 2.24. The molecule has 5 nitrogen and oxygen atoms in total. The molecule has 0 fully saturated rings. The van der Waals surface area contributed by atoms with Crippen LogP contribution < -0.4 is 9.46 Å². The zero-order chi connectivity index (χ0) is 17.2. The van der Waals surface area contributed by atoms with Gasteiger partial charge in [-0.3, -0.25) is 0 Å². The van der Waals surface area contributed by atoms with Gasteiger partial charge in [0.2, 0.25) is 10.0 Å². The van der Waals surface area contributed by atoms with Crippen LogP contribution in [0, 0.1) is 6.92 Å². The van der Waals surface area contributed by atoms with Gasteiger partial charge < -0.3 is 9.47 Å². The molecule has 0 aliphatic carbocycles. The standard InChI is InChI=1S/C18H21NO4S/c1-13-7-8-17(22-2)18(9-13)24(20,21)19-11-16-10-14-5-3-4-6-15(14)12-23-16/h3-9,16,19H,10-12H2,1-2H3. The van der Waals surface area contributed by atoms with E-state index in [9.17, 15) is 8.42 Å². The summed E-state index contributed by atoms with van der Waals surface area (Å²) in [4.78, 5) is 0.154. The number of fused-ring (bicyclic) bond motifs is 1. The van der Waals surface area contributed by atoms with Crippen molar-refractivity contribution in [2.75, 3.05) is 13.7 Å². The fraction of sp³-hybridized carbons (Fsp3) is 0.333. The molecule has 1 heterocycles. The monoisotopic (exact) mass is 347 g/mol. The Bertz CT molecular complexity index is 833. The number of hydrogen-bond donors (Lipinski definition) is 1. The Morgan fingerprint density at radius 3 is 2.71 bits per heavy atom. The van der Waals surface area contributed by atoms with E-state index in [2.05, 4.69) is 10.8 Å². The smallest absolute Gasteiger partial charge is 0.244 e. The average molecular weight is 347 g/mol. The van der Waals surface area contributed by atoms with E-state index in [4.69, 9.17) is 9.47 Å². The first-order valence-electron chi connectivity index (χ1n) is 7.82. The van der Waals surface area contributed by atoms with Gasteiger partial charge in [0.1, 0.15) is 10.6 Å². The predicted molar refractivity (Wildman–Crippen MR) is 91.6 cm³/mol. The predicted octanol–water partition coefficient (Wildman–Crippen LogP) is 2.42. The SMILES string of the molecule is COc1ccc(C)cc1S(=O)(=O)NCC1Cc2ccccc2CO1. The van der Waals surface area contributed by atoms with Crippen LogP contribution in [0.4, 0.5) is 0 Å². The summed E-state index contributed by atoms with van der Waals surface area (Å²) in [6.45, 7) is 2.59. The lowest BCUT2D eigenvalue weighted by Crippen LogP contribution is -2.36. The third-order valence-corrected chi connectivity index (χ3v) is 5.59. The van der Waals surface area contributed by atoms with E-state index in [1.807, 2.05) is 31.2 Å². The van der Waals surface area contributed by atoms with Crippen molar-refractivity contribution in [3.05, 3.63) is 59.2 Å². The maximum absolute atomic E-state index is 12.6. The molecule has 1 unspecified atom stereocenters. The molecular weight excluding hydrogens is 326 g/mol. The highest BCUT2D eigenvalue weighted by molar-refractivity contribution is 7.89. The van der Waals surface area contributed by atoms with E-state index in [0.717, 1.165) is 11.1 Å². The fourth-order valence-electron chi connectivity index (χ4n) is 2.81. The summed E-state index contributed by atoms with van der Waals surface area (Å²) in [5.74, 6) is 0.336. The van der Waals surface area contributed by atoms with Crippen LogP contribution in [0.5, 0.6) is 5.75 Å². The lowest BCUT2D eigenvalue weighted by molar-refractivity contribution is 0.0322. The molecule has 0 spiro atoms. The second-order valence-corrected chi connectivity index (χ2v) is 7.65. The van der Waals surface area contributed by atoms with Gasteiger partial charge in [-0.25, -0.2) is 13.1 Å².